The molecule has 3 rings (SSSR count). The Kier molecular flexibility index (Phi) is 4.67. The second kappa shape index (κ2) is 6.76. The maximum atomic E-state index is 12.7. The molecule has 0 saturated heterocycles. The minimum atomic E-state index is -3.35. The van der Waals surface area contributed by atoms with Crippen molar-refractivity contribution in [3.8, 4) is 5.75 Å². The molecule has 1 aliphatic rings. The third-order valence-corrected chi connectivity index (χ3v) is 5.44. The van der Waals surface area contributed by atoms with Crippen LogP contribution in [-0.2, 0) is 10.0 Å². The number of rotatable bonds is 4. The highest BCUT2D eigenvalue weighted by atomic mass is 32.2. The minimum absolute atomic E-state index is 0.245. The maximum absolute atomic E-state index is 12.7. The zero-order chi connectivity index (χ0) is 18.0. The average Bonchev–Trinajstić information content (AvgIpc) is 2.60. The average molecular weight is 360 g/mol. The molecular weight excluding hydrogens is 340 g/mol. The third-order valence-electron chi connectivity index (χ3n) is 4.26. The number of nitrogens with zero attached hydrogens (tertiary/aromatic N) is 1. The number of carbonyl (C=O) groups excluding carboxylic acids is 1. The molecule has 1 aliphatic heterocycles. The Balaban J connectivity index is 1.90. The smallest absolute Gasteiger partial charge is 0.255 e. The largest absolute Gasteiger partial charge is 0.496 e. The van der Waals surface area contributed by atoms with Crippen LogP contribution in [0.2, 0.25) is 0 Å². The molecule has 6 nitrogen and oxygen atoms in total. The van der Waals surface area contributed by atoms with Crippen molar-refractivity contribution in [2.45, 2.75) is 12.5 Å². The van der Waals surface area contributed by atoms with Gasteiger partial charge in [-0.2, -0.15) is 0 Å². The van der Waals surface area contributed by atoms with Crippen molar-refractivity contribution in [3.05, 3.63) is 59.7 Å². The van der Waals surface area contributed by atoms with E-state index in [-0.39, 0.29) is 11.9 Å². The van der Waals surface area contributed by atoms with Crippen LogP contribution in [0.15, 0.2) is 48.5 Å². The van der Waals surface area contributed by atoms with Gasteiger partial charge in [-0.25, -0.2) is 8.42 Å². The number of sulfonamides is 1. The monoisotopic (exact) mass is 360 g/mol. The summed E-state index contributed by atoms with van der Waals surface area (Å²) in [7, 11) is -1.83. The second-order valence-electron chi connectivity index (χ2n) is 5.91. The van der Waals surface area contributed by atoms with Crippen LogP contribution in [0.4, 0.5) is 5.69 Å². The van der Waals surface area contributed by atoms with Gasteiger partial charge in [-0.1, -0.05) is 30.3 Å². The topological polar surface area (TPSA) is 75.7 Å². The van der Waals surface area contributed by atoms with Gasteiger partial charge in [0.2, 0.25) is 10.0 Å². The summed E-state index contributed by atoms with van der Waals surface area (Å²) in [5.41, 5.74) is 1.86. The zero-order valence-electron chi connectivity index (χ0n) is 14.1. The van der Waals surface area contributed by atoms with Crippen LogP contribution in [0.3, 0.4) is 0 Å². The van der Waals surface area contributed by atoms with E-state index in [1.165, 1.54) is 17.7 Å². The molecule has 0 fully saturated rings. The molecule has 1 heterocycles. The van der Waals surface area contributed by atoms with E-state index in [9.17, 15) is 13.2 Å². The lowest BCUT2D eigenvalue weighted by Crippen LogP contribution is -2.40. The summed E-state index contributed by atoms with van der Waals surface area (Å²) in [4.78, 5) is 12.7. The van der Waals surface area contributed by atoms with Crippen LogP contribution in [0, 0.1) is 0 Å². The van der Waals surface area contributed by atoms with Crippen LogP contribution in [-0.4, -0.2) is 34.2 Å². The van der Waals surface area contributed by atoms with Crippen LogP contribution in [0.5, 0.6) is 5.75 Å². The lowest BCUT2D eigenvalue weighted by molar-refractivity contribution is 0.0931. The highest BCUT2D eigenvalue weighted by Gasteiger charge is 2.30. The summed E-state index contributed by atoms with van der Waals surface area (Å²) in [5.74, 6) is 0.256. The fraction of sp³-hybridized carbons (Fsp3) is 0.278. The quantitative estimate of drug-likeness (QED) is 0.908. The van der Waals surface area contributed by atoms with Gasteiger partial charge in [0.15, 0.2) is 0 Å². The molecule has 1 N–H and O–H groups in total. The Morgan fingerprint density at radius 3 is 2.56 bits per heavy atom. The van der Waals surface area contributed by atoms with E-state index in [0.29, 0.717) is 30.0 Å². The van der Waals surface area contributed by atoms with Crippen molar-refractivity contribution < 1.29 is 17.9 Å². The molecule has 132 valence electrons. The first kappa shape index (κ1) is 17.3. The number of carbonyl (C=O) groups is 1. The molecule has 1 amide bonds. The molecule has 2 aromatic rings. The summed E-state index contributed by atoms with van der Waals surface area (Å²) >= 11 is 0. The molecule has 0 saturated carbocycles. The number of methoxy groups -OCH3 is 1. The fourth-order valence-electron chi connectivity index (χ4n) is 3.09. The van der Waals surface area contributed by atoms with Crippen molar-refractivity contribution in [2.75, 3.05) is 24.2 Å². The van der Waals surface area contributed by atoms with Crippen molar-refractivity contribution in [3.63, 3.8) is 0 Å². The number of hydrogen-bond acceptors (Lipinski definition) is 4. The van der Waals surface area contributed by atoms with Crippen molar-refractivity contribution >= 4 is 21.6 Å². The van der Waals surface area contributed by atoms with Crippen molar-refractivity contribution in [1.82, 2.24) is 5.32 Å². The molecule has 0 aliphatic carbocycles. The lowest BCUT2D eigenvalue weighted by Gasteiger charge is -2.34. The highest BCUT2D eigenvalue weighted by Crippen LogP contribution is 2.35. The number of ether oxygens (including phenoxy) is 1. The predicted molar refractivity (Wildman–Crippen MR) is 96.5 cm³/mol. The van der Waals surface area contributed by atoms with Gasteiger partial charge in [0.05, 0.1) is 30.7 Å². The van der Waals surface area contributed by atoms with Crippen molar-refractivity contribution in [2.24, 2.45) is 0 Å². The number of amides is 1. The van der Waals surface area contributed by atoms with Gasteiger partial charge in [-0.3, -0.25) is 9.10 Å². The number of nitrogens with one attached hydrogen (secondary N) is 1. The Morgan fingerprint density at radius 1 is 1.16 bits per heavy atom. The molecule has 0 bridgehead atoms. The molecule has 0 aromatic heterocycles. The molecule has 1 unspecified atom stereocenters. The first-order valence-corrected chi connectivity index (χ1v) is 9.77. The van der Waals surface area contributed by atoms with Gasteiger partial charge in [0.1, 0.15) is 5.75 Å². The number of fused-ring (bicyclic) bond motifs is 1. The van der Waals surface area contributed by atoms with Gasteiger partial charge in [-0.15, -0.1) is 0 Å². The maximum Gasteiger partial charge on any atom is 0.255 e. The zero-order valence-corrected chi connectivity index (χ0v) is 14.9. The Bertz CT molecular complexity index is 895. The summed E-state index contributed by atoms with van der Waals surface area (Å²) in [6.07, 6.45) is 1.70. The van der Waals surface area contributed by atoms with Gasteiger partial charge in [0, 0.05) is 6.54 Å². The Hall–Kier alpha value is -2.54. The molecule has 0 radical (unpaired) electrons. The van der Waals surface area contributed by atoms with Crippen LogP contribution < -0.4 is 14.4 Å². The number of anilines is 1. The van der Waals surface area contributed by atoms with E-state index in [2.05, 4.69) is 5.32 Å². The van der Waals surface area contributed by atoms with Gasteiger partial charge in [-0.05, 0) is 30.2 Å². The van der Waals surface area contributed by atoms with E-state index < -0.39 is 10.0 Å². The van der Waals surface area contributed by atoms with Crippen LogP contribution >= 0.6 is 0 Å². The van der Waals surface area contributed by atoms with E-state index >= 15 is 0 Å². The normalized spacial score (nSPS) is 16.9. The van der Waals surface area contributed by atoms with Gasteiger partial charge < -0.3 is 10.1 Å². The summed E-state index contributed by atoms with van der Waals surface area (Å²) in [5, 5.41) is 3.00. The highest BCUT2D eigenvalue weighted by molar-refractivity contribution is 7.92. The third kappa shape index (κ3) is 3.46. The number of para-hydroxylation sites is 2. The van der Waals surface area contributed by atoms with E-state index in [1.54, 1.807) is 36.4 Å². The van der Waals surface area contributed by atoms with Gasteiger partial charge in [0.25, 0.3) is 5.91 Å². The summed E-state index contributed by atoms with van der Waals surface area (Å²) < 4.78 is 30.6. The molecule has 25 heavy (non-hydrogen) atoms. The van der Waals surface area contributed by atoms with Gasteiger partial charge >= 0.3 is 0 Å². The number of benzene rings is 2. The number of hydrogen-bond donors (Lipinski definition) is 1. The Labute approximate surface area is 147 Å². The fourth-order valence-corrected chi connectivity index (χ4v) is 4.05. The molecular formula is C18H20N2O4S. The minimum Gasteiger partial charge on any atom is -0.496 e. The Morgan fingerprint density at radius 2 is 1.84 bits per heavy atom. The van der Waals surface area contributed by atoms with E-state index in [1.807, 2.05) is 12.1 Å². The SMILES string of the molecule is COc1ccccc1C(=O)NC1CCN(S(C)(=O)=O)c2ccccc21. The molecule has 7 heteroatoms. The molecule has 1 atom stereocenters. The second-order valence-corrected chi connectivity index (χ2v) is 7.82. The lowest BCUT2D eigenvalue weighted by atomic mass is 9.97. The van der Waals surface area contributed by atoms with E-state index in [0.717, 1.165) is 5.56 Å². The molecule has 0 spiro atoms. The first-order chi connectivity index (χ1) is 11.9. The predicted octanol–water partition coefficient (Wildman–Crippen LogP) is 2.34. The first-order valence-electron chi connectivity index (χ1n) is 7.92. The van der Waals surface area contributed by atoms with E-state index in [4.69, 9.17) is 4.74 Å². The van der Waals surface area contributed by atoms with Crippen LogP contribution in [0.1, 0.15) is 28.4 Å². The summed E-state index contributed by atoms with van der Waals surface area (Å²) in [6, 6.07) is 14.0. The molecule has 2 aromatic carbocycles. The summed E-state index contributed by atoms with van der Waals surface area (Å²) in [6.45, 7) is 0.326. The van der Waals surface area contributed by atoms with Crippen molar-refractivity contribution in [1.29, 1.82) is 0 Å². The van der Waals surface area contributed by atoms with Crippen LogP contribution in [0.25, 0.3) is 0 Å². The standard InChI is InChI=1S/C18H20N2O4S/c1-24-17-10-6-4-8-14(17)18(21)19-15-11-12-20(25(2,22)23)16-9-5-3-7-13(15)16/h3-10,15H,11-12H2,1-2H3,(H,19,21).